The van der Waals surface area contributed by atoms with E-state index in [9.17, 15) is 47.9 Å². The number of fused-ring (bicyclic) bond motifs is 2. The molecule has 2 heterocycles. The van der Waals surface area contributed by atoms with Crippen molar-refractivity contribution >= 4 is 65.0 Å². The SMILES string of the molecule is CC(C)[C@@H]1NC(=O)[C@H](Cc2ccccc2)N(C)C(=O)[C@H](Cc2ccc(Cl)cc2)N2C(=O)[C@H](CC[C@H]2O)NC(=O)[C@H](C2CC2)NC(=O)[C@@H](NC(=O)[C@H](Cc2cccc(F)c2)NC(=O)[C@H](C)NC(=O)OCc2ccccc2)[C@@H](C)OC1=O. The number of aliphatic hydroxyl groups is 1. The first-order valence-electron chi connectivity index (χ1n) is 26.7. The number of aliphatic hydroxyl groups excluding tert-OH is 1. The van der Waals surface area contributed by atoms with Crippen LogP contribution < -0.4 is 31.9 Å². The molecule has 2 saturated heterocycles. The molecule has 20 nitrogen and oxygen atoms in total. The molecule has 80 heavy (non-hydrogen) atoms. The van der Waals surface area contributed by atoms with E-state index in [1.54, 1.807) is 98.8 Å². The lowest BCUT2D eigenvalue weighted by molar-refractivity contribution is -0.165. The van der Waals surface area contributed by atoms with Gasteiger partial charge in [-0.1, -0.05) is 110 Å². The van der Waals surface area contributed by atoms with E-state index in [1.165, 1.54) is 39.1 Å². The lowest BCUT2D eigenvalue weighted by atomic mass is 9.95. The average molecular weight is 1120 g/mol. The minimum absolute atomic E-state index is 0.0615. The third-order valence-corrected chi connectivity index (χ3v) is 14.7. The maximum atomic E-state index is 15.2. The van der Waals surface area contributed by atoms with Crippen molar-refractivity contribution in [1.82, 2.24) is 41.7 Å². The third-order valence-electron chi connectivity index (χ3n) is 14.4. The van der Waals surface area contributed by atoms with Crippen molar-refractivity contribution < 1.29 is 62.1 Å². The van der Waals surface area contributed by atoms with Crippen LogP contribution >= 0.6 is 11.6 Å². The Labute approximate surface area is 468 Å². The number of nitrogens with zero attached hydrogens (tertiary/aromatic N) is 2. The summed E-state index contributed by atoms with van der Waals surface area (Å²) in [5.41, 5.74) is 2.11. The van der Waals surface area contributed by atoms with E-state index in [2.05, 4.69) is 31.9 Å². The lowest BCUT2D eigenvalue weighted by Gasteiger charge is -2.43. The Morgan fingerprint density at radius 1 is 0.725 bits per heavy atom. The molecule has 7 N–H and O–H groups in total. The van der Waals surface area contributed by atoms with Crippen LogP contribution in [0, 0.1) is 17.7 Å². The zero-order valence-electron chi connectivity index (χ0n) is 45.1. The van der Waals surface area contributed by atoms with Crippen LogP contribution in [0.5, 0.6) is 0 Å². The van der Waals surface area contributed by atoms with E-state index < -0.39 is 132 Å². The molecule has 0 aromatic heterocycles. The van der Waals surface area contributed by atoms with Crippen molar-refractivity contribution in [2.75, 3.05) is 7.05 Å². The second kappa shape index (κ2) is 27.3. The molecule has 3 fully saturated rings. The number of benzene rings is 4. The Balaban J connectivity index is 1.23. The van der Waals surface area contributed by atoms with Gasteiger partial charge in [0.15, 0.2) is 0 Å². The molecule has 426 valence electrons. The first-order chi connectivity index (χ1) is 38.2. The van der Waals surface area contributed by atoms with Gasteiger partial charge in [0, 0.05) is 31.3 Å². The summed E-state index contributed by atoms with van der Waals surface area (Å²) in [6, 6.07) is 17.7. The summed E-state index contributed by atoms with van der Waals surface area (Å²) >= 11 is 6.22. The fourth-order valence-corrected chi connectivity index (χ4v) is 9.77. The number of piperidine rings is 1. The third kappa shape index (κ3) is 15.9. The molecule has 0 unspecified atom stereocenters. The Kier molecular flexibility index (Phi) is 20.4. The van der Waals surface area contributed by atoms with Crippen molar-refractivity contribution in [2.24, 2.45) is 11.8 Å². The van der Waals surface area contributed by atoms with Gasteiger partial charge in [0.05, 0.1) is 0 Å². The molecule has 0 spiro atoms. The topological polar surface area (TPSA) is 271 Å². The summed E-state index contributed by atoms with van der Waals surface area (Å²) in [5, 5.41) is 27.8. The van der Waals surface area contributed by atoms with Gasteiger partial charge in [0.25, 0.3) is 0 Å². The average Bonchev–Trinajstić information content (AvgIpc) is 4.33. The second-order valence-electron chi connectivity index (χ2n) is 20.9. The van der Waals surface area contributed by atoms with Crippen molar-refractivity contribution in [3.05, 3.63) is 142 Å². The normalized spacial score (nSPS) is 24.1. The Morgan fingerprint density at radius 3 is 1.99 bits per heavy atom. The number of cyclic esters (lactones) is 1. The number of nitrogens with one attached hydrogen (secondary N) is 6. The van der Waals surface area contributed by atoms with E-state index >= 15 is 4.79 Å². The second-order valence-corrected chi connectivity index (χ2v) is 21.3. The molecule has 3 aliphatic rings. The van der Waals surface area contributed by atoms with Crippen molar-refractivity contribution in [3.8, 4) is 0 Å². The number of ether oxygens (including phenoxy) is 2. The highest BCUT2D eigenvalue weighted by Crippen LogP contribution is 2.34. The largest absolute Gasteiger partial charge is 0.458 e. The van der Waals surface area contributed by atoms with Crippen LogP contribution in [-0.2, 0) is 73.7 Å². The van der Waals surface area contributed by atoms with Gasteiger partial charge in [-0.3, -0.25) is 33.6 Å². The number of carbonyl (C=O) groups excluding carboxylic acids is 9. The monoisotopic (exact) mass is 1120 g/mol. The maximum Gasteiger partial charge on any atom is 0.408 e. The minimum atomic E-state index is -1.83. The van der Waals surface area contributed by atoms with E-state index in [0.717, 1.165) is 15.9 Å². The van der Waals surface area contributed by atoms with E-state index in [4.69, 9.17) is 21.1 Å². The molecule has 0 radical (unpaired) electrons. The van der Waals surface area contributed by atoms with Crippen LogP contribution in [0.25, 0.3) is 0 Å². The van der Waals surface area contributed by atoms with Crippen molar-refractivity contribution in [2.45, 2.75) is 140 Å². The zero-order chi connectivity index (χ0) is 57.8. The highest BCUT2D eigenvalue weighted by atomic mass is 35.5. The van der Waals surface area contributed by atoms with Gasteiger partial charge in [-0.25, -0.2) is 14.0 Å². The highest BCUT2D eigenvalue weighted by Gasteiger charge is 2.47. The summed E-state index contributed by atoms with van der Waals surface area (Å²) in [5.74, 6) is -8.91. The molecule has 10 atom stereocenters. The van der Waals surface area contributed by atoms with Gasteiger partial charge in [-0.15, -0.1) is 0 Å². The van der Waals surface area contributed by atoms with E-state index in [0.29, 0.717) is 34.6 Å². The number of amides is 8. The minimum Gasteiger partial charge on any atom is -0.458 e. The number of likely N-dealkylation sites (N-methyl/N-ethyl adjacent to an activating group) is 1. The fourth-order valence-electron chi connectivity index (χ4n) is 9.65. The molecule has 7 rings (SSSR count). The number of hydrogen-bond donors (Lipinski definition) is 7. The Morgan fingerprint density at radius 2 is 1.35 bits per heavy atom. The van der Waals surface area contributed by atoms with Gasteiger partial charge in [-0.2, -0.15) is 0 Å². The smallest absolute Gasteiger partial charge is 0.408 e. The summed E-state index contributed by atoms with van der Waals surface area (Å²) in [4.78, 5) is 132. The van der Waals surface area contributed by atoms with E-state index in [-0.39, 0.29) is 44.3 Å². The first kappa shape index (κ1) is 59.7. The molecule has 22 heteroatoms. The molecule has 1 aliphatic carbocycles. The maximum absolute atomic E-state index is 15.2. The number of esters is 1. The van der Waals surface area contributed by atoms with Gasteiger partial charge in [-0.05, 0) is 97.9 Å². The summed E-state index contributed by atoms with van der Waals surface area (Å²) in [7, 11) is 1.38. The van der Waals surface area contributed by atoms with Gasteiger partial charge < -0.3 is 56.3 Å². The molecule has 4 aromatic carbocycles. The zero-order valence-corrected chi connectivity index (χ0v) is 45.8. The molecule has 2 bridgehead atoms. The van der Waals surface area contributed by atoms with Crippen LogP contribution in [-0.4, -0.2) is 136 Å². The van der Waals surface area contributed by atoms with Crippen LogP contribution in [0.4, 0.5) is 9.18 Å². The quantitative estimate of drug-likeness (QED) is 0.0845. The number of halogens is 2. The number of alkyl carbamates (subject to hydrolysis) is 1. The summed E-state index contributed by atoms with van der Waals surface area (Å²) in [6.07, 6.45) is -3.80. The van der Waals surface area contributed by atoms with Crippen LogP contribution in [0.15, 0.2) is 109 Å². The van der Waals surface area contributed by atoms with E-state index in [1.807, 2.05) is 0 Å². The standard InChI is InChI=1S/C58H68ClFN8O12/c1-32(2)47-57(77)80-34(4)48(65-51(71)43(28-38-17-12-18-41(60)27-38)63-50(70)33(3)61-58(78)79-31-37-15-10-7-11-16-37)53(73)66-49(39-21-22-39)54(74)62-42-25-26-46(69)68(55(42)75)45(30-36-19-23-40(59)24-20-36)56(76)67(5)44(52(72)64-47)29-35-13-8-6-9-14-35/h6-20,23-24,27,32-34,39,42-49,69H,21-22,25-26,28-31H2,1-5H3,(H,61,78)(H,62,74)(H,63,70)(H,64,72)(H,65,71)(H,66,73)/t33-,34+,42-,43-,44-,45-,46+,47-,48-,49-/m0/s1. The number of rotatable bonds is 15. The molecule has 2 aliphatic heterocycles. The molecule has 1 saturated carbocycles. The van der Waals surface area contributed by atoms with Crippen molar-refractivity contribution in [1.29, 1.82) is 0 Å². The van der Waals surface area contributed by atoms with Gasteiger partial charge in [0.2, 0.25) is 41.4 Å². The fraction of sp³-hybridized carbons (Fsp3) is 0.431. The lowest BCUT2D eigenvalue weighted by Crippen LogP contribution is -2.65. The predicted octanol–water partition coefficient (Wildman–Crippen LogP) is 3.39. The van der Waals surface area contributed by atoms with Crippen molar-refractivity contribution in [3.63, 3.8) is 0 Å². The number of carbonyl (C=O) groups is 9. The molecular formula is C58H68ClFN8O12. The predicted molar refractivity (Wildman–Crippen MR) is 290 cm³/mol. The Hall–Kier alpha value is -7.91. The van der Waals surface area contributed by atoms with Crippen LogP contribution in [0.3, 0.4) is 0 Å². The molecule has 8 amide bonds. The highest BCUT2D eigenvalue weighted by molar-refractivity contribution is 6.30. The van der Waals surface area contributed by atoms with Gasteiger partial charge >= 0.3 is 12.1 Å². The van der Waals surface area contributed by atoms with Crippen LogP contribution in [0.1, 0.15) is 75.6 Å². The Bertz CT molecular complexity index is 2880. The summed E-state index contributed by atoms with van der Waals surface area (Å²) in [6.45, 7) is 5.78. The van der Waals surface area contributed by atoms with Gasteiger partial charge in [0.1, 0.15) is 73.1 Å². The van der Waals surface area contributed by atoms with Crippen LogP contribution in [0.2, 0.25) is 5.02 Å². The summed E-state index contributed by atoms with van der Waals surface area (Å²) < 4.78 is 25.8. The number of hydrogen-bond acceptors (Lipinski definition) is 12. The molecular weight excluding hydrogens is 1060 g/mol. The first-order valence-corrected chi connectivity index (χ1v) is 27.0. The molecule has 4 aromatic rings.